The van der Waals surface area contributed by atoms with Gasteiger partial charge in [-0.2, -0.15) is 0 Å². The maximum absolute atomic E-state index is 12.0. The predicted octanol–water partition coefficient (Wildman–Crippen LogP) is 5.06. The highest BCUT2D eigenvalue weighted by molar-refractivity contribution is 7.15. The number of carbonyl (C=O) groups is 1. The number of hydrogen-bond acceptors (Lipinski definition) is 3. The molecule has 3 nitrogen and oxygen atoms in total. The van der Waals surface area contributed by atoms with Crippen molar-refractivity contribution in [2.45, 2.75) is 44.9 Å². The summed E-state index contributed by atoms with van der Waals surface area (Å²) in [6, 6.07) is 7.79. The van der Waals surface area contributed by atoms with Crippen molar-refractivity contribution in [2.75, 3.05) is 5.32 Å². The number of aromatic nitrogens is 1. The molecule has 1 aliphatic rings. The molecule has 1 N–H and O–H groups in total. The summed E-state index contributed by atoms with van der Waals surface area (Å²) in [4.78, 5) is 17.9. The molecule has 0 unspecified atom stereocenters. The van der Waals surface area contributed by atoms with Crippen LogP contribution in [0.15, 0.2) is 24.3 Å². The highest BCUT2D eigenvalue weighted by Gasteiger charge is 2.16. The van der Waals surface area contributed by atoms with E-state index in [0.29, 0.717) is 6.42 Å². The van der Waals surface area contributed by atoms with Crippen molar-refractivity contribution in [3.8, 4) is 0 Å². The van der Waals surface area contributed by atoms with Crippen LogP contribution in [0.3, 0.4) is 0 Å². The van der Waals surface area contributed by atoms with E-state index >= 15 is 0 Å². The van der Waals surface area contributed by atoms with E-state index in [1.54, 1.807) is 11.3 Å². The molecule has 0 aliphatic heterocycles. The highest BCUT2D eigenvalue weighted by atomic mass is 35.5. The van der Waals surface area contributed by atoms with Crippen LogP contribution in [0.25, 0.3) is 0 Å². The number of hydrogen-bond donors (Lipinski definition) is 1. The van der Waals surface area contributed by atoms with Crippen LogP contribution in [0.4, 0.5) is 5.13 Å². The summed E-state index contributed by atoms with van der Waals surface area (Å²) < 4.78 is 0. The third-order valence-electron chi connectivity index (χ3n) is 3.87. The first-order chi connectivity index (χ1) is 10.7. The number of halogens is 2. The number of nitrogens with zero attached hydrogens (tertiary/aromatic N) is 1. The van der Waals surface area contributed by atoms with Gasteiger partial charge in [-0.25, -0.2) is 4.98 Å². The summed E-state index contributed by atoms with van der Waals surface area (Å²) in [7, 11) is 0. The van der Waals surface area contributed by atoms with Gasteiger partial charge >= 0.3 is 0 Å². The average Bonchev–Trinajstić information content (AvgIpc) is 2.91. The van der Waals surface area contributed by atoms with Gasteiger partial charge in [-0.1, -0.05) is 23.7 Å². The maximum atomic E-state index is 12.0. The van der Waals surface area contributed by atoms with Gasteiger partial charge in [-0.3, -0.25) is 4.79 Å². The van der Waals surface area contributed by atoms with Crippen molar-refractivity contribution in [3.63, 3.8) is 0 Å². The molecule has 0 atom stereocenters. The van der Waals surface area contributed by atoms with E-state index < -0.39 is 0 Å². The molecule has 0 spiro atoms. The van der Waals surface area contributed by atoms with Crippen LogP contribution in [0, 0.1) is 0 Å². The van der Waals surface area contributed by atoms with Crippen molar-refractivity contribution >= 4 is 46.4 Å². The van der Waals surface area contributed by atoms with Crippen molar-refractivity contribution in [2.24, 2.45) is 0 Å². The summed E-state index contributed by atoms with van der Waals surface area (Å²) in [6.45, 7) is 0. The Morgan fingerprint density at radius 1 is 1.22 bits per heavy atom. The molecule has 1 aromatic carbocycles. The smallest absolute Gasteiger partial charge is 0.226 e. The zero-order valence-electron chi connectivity index (χ0n) is 12.8. The van der Waals surface area contributed by atoms with Gasteiger partial charge in [0.05, 0.1) is 5.69 Å². The van der Waals surface area contributed by atoms with Crippen molar-refractivity contribution in [1.29, 1.82) is 0 Å². The van der Waals surface area contributed by atoms with Gasteiger partial charge in [0.2, 0.25) is 5.91 Å². The van der Waals surface area contributed by atoms with Gasteiger partial charge in [-0.05, 0) is 56.2 Å². The summed E-state index contributed by atoms with van der Waals surface area (Å²) in [5, 5.41) is 4.45. The molecule has 3 rings (SSSR count). The standard InChI is InChI=1S/C17H19ClN2OS.ClH/c18-13-10-8-12(9-11-13)4-3-7-16(21)20-17-19-14-5-1-2-6-15(14)22-17;/h8-11H,1-7H2,(H,19,20,21);1H. The molecule has 1 heterocycles. The number of nitrogens with one attached hydrogen (secondary N) is 1. The maximum Gasteiger partial charge on any atom is 0.226 e. The minimum Gasteiger partial charge on any atom is -0.302 e. The average molecular weight is 371 g/mol. The monoisotopic (exact) mass is 370 g/mol. The topological polar surface area (TPSA) is 42.0 Å². The highest BCUT2D eigenvalue weighted by Crippen LogP contribution is 2.29. The third kappa shape index (κ3) is 5.20. The second-order valence-corrected chi connectivity index (χ2v) is 7.14. The molecule has 0 saturated carbocycles. The van der Waals surface area contributed by atoms with E-state index in [0.717, 1.165) is 35.8 Å². The van der Waals surface area contributed by atoms with Crippen LogP contribution in [-0.2, 0) is 24.1 Å². The molecular weight excluding hydrogens is 351 g/mol. The van der Waals surface area contributed by atoms with Gasteiger partial charge in [0, 0.05) is 16.3 Å². The fourth-order valence-corrected chi connectivity index (χ4v) is 3.88. The molecule has 1 amide bonds. The van der Waals surface area contributed by atoms with E-state index in [2.05, 4.69) is 10.3 Å². The number of carbonyl (C=O) groups excluding carboxylic acids is 1. The molecule has 1 aliphatic carbocycles. The number of amides is 1. The lowest BCUT2D eigenvalue weighted by Crippen LogP contribution is -2.11. The number of thiazole rings is 1. The first kappa shape index (κ1) is 18.2. The van der Waals surface area contributed by atoms with Crippen LogP contribution in [-0.4, -0.2) is 10.9 Å². The molecule has 0 saturated heterocycles. The molecular formula is C17H20Cl2N2OS. The number of fused-ring (bicyclic) bond motifs is 1. The van der Waals surface area contributed by atoms with Crippen LogP contribution in [0.1, 0.15) is 41.8 Å². The summed E-state index contributed by atoms with van der Waals surface area (Å²) in [5.41, 5.74) is 2.40. The predicted molar refractivity (Wildman–Crippen MR) is 99.0 cm³/mol. The second kappa shape index (κ2) is 8.67. The van der Waals surface area contributed by atoms with Gasteiger partial charge in [-0.15, -0.1) is 23.7 Å². The molecule has 124 valence electrons. The normalized spacial score (nSPS) is 13.1. The van der Waals surface area contributed by atoms with Crippen LogP contribution in [0.2, 0.25) is 5.02 Å². The Labute approximate surface area is 151 Å². The number of benzene rings is 1. The molecule has 0 bridgehead atoms. The lowest BCUT2D eigenvalue weighted by Gasteiger charge is -2.06. The lowest BCUT2D eigenvalue weighted by molar-refractivity contribution is -0.116. The van der Waals surface area contributed by atoms with E-state index in [-0.39, 0.29) is 18.3 Å². The quantitative estimate of drug-likeness (QED) is 0.798. The third-order valence-corrected chi connectivity index (χ3v) is 5.20. The lowest BCUT2D eigenvalue weighted by atomic mass is 10.0. The van der Waals surface area contributed by atoms with E-state index in [9.17, 15) is 4.79 Å². The molecule has 23 heavy (non-hydrogen) atoms. The number of aryl methyl sites for hydroxylation is 3. The number of rotatable bonds is 5. The van der Waals surface area contributed by atoms with Crippen LogP contribution < -0.4 is 5.32 Å². The Hall–Kier alpha value is -1.10. The zero-order chi connectivity index (χ0) is 15.4. The Morgan fingerprint density at radius 3 is 2.70 bits per heavy atom. The minimum atomic E-state index is 0. The van der Waals surface area contributed by atoms with Crippen LogP contribution >= 0.6 is 35.3 Å². The van der Waals surface area contributed by atoms with Crippen LogP contribution in [0.5, 0.6) is 0 Å². The first-order valence-corrected chi connectivity index (χ1v) is 8.93. The first-order valence-electron chi connectivity index (χ1n) is 7.73. The Morgan fingerprint density at radius 2 is 1.96 bits per heavy atom. The molecule has 2 aromatic rings. The molecule has 0 radical (unpaired) electrons. The summed E-state index contributed by atoms with van der Waals surface area (Å²) in [6.07, 6.45) is 6.86. The van der Waals surface area contributed by atoms with Crippen molar-refractivity contribution < 1.29 is 4.79 Å². The van der Waals surface area contributed by atoms with E-state index in [1.807, 2.05) is 24.3 Å². The van der Waals surface area contributed by atoms with Gasteiger partial charge < -0.3 is 5.32 Å². The fraction of sp³-hybridized carbons (Fsp3) is 0.412. The SMILES string of the molecule is Cl.O=C(CCCc1ccc(Cl)cc1)Nc1nc2c(s1)CCCC2. The van der Waals surface area contributed by atoms with Gasteiger partial charge in [0.25, 0.3) is 0 Å². The molecule has 6 heteroatoms. The zero-order valence-corrected chi connectivity index (χ0v) is 15.2. The Bertz CT molecular complexity index is 632. The number of anilines is 1. The Kier molecular flexibility index (Phi) is 6.88. The summed E-state index contributed by atoms with van der Waals surface area (Å²) in [5.74, 6) is 0.0556. The largest absolute Gasteiger partial charge is 0.302 e. The van der Waals surface area contributed by atoms with Crippen molar-refractivity contribution in [3.05, 3.63) is 45.4 Å². The second-order valence-electron chi connectivity index (χ2n) is 5.62. The van der Waals surface area contributed by atoms with E-state index in [4.69, 9.17) is 11.6 Å². The van der Waals surface area contributed by atoms with E-state index in [1.165, 1.54) is 29.0 Å². The van der Waals surface area contributed by atoms with Crippen molar-refractivity contribution in [1.82, 2.24) is 4.98 Å². The fourth-order valence-electron chi connectivity index (χ4n) is 2.69. The summed E-state index contributed by atoms with van der Waals surface area (Å²) >= 11 is 7.50. The van der Waals surface area contributed by atoms with Gasteiger partial charge in [0.15, 0.2) is 5.13 Å². The molecule has 1 aromatic heterocycles. The minimum absolute atomic E-state index is 0. The van der Waals surface area contributed by atoms with Gasteiger partial charge in [0.1, 0.15) is 0 Å². The Balaban J connectivity index is 0.00000192. The molecule has 0 fully saturated rings.